The van der Waals surface area contributed by atoms with Crippen LogP contribution in [0.4, 0.5) is 4.39 Å². The van der Waals surface area contributed by atoms with Crippen molar-refractivity contribution in [1.29, 1.82) is 0 Å². The van der Waals surface area contributed by atoms with E-state index in [1.54, 1.807) is 43.5 Å². The van der Waals surface area contributed by atoms with Gasteiger partial charge in [0.2, 0.25) is 5.82 Å². The summed E-state index contributed by atoms with van der Waals surface area (Å²) >= 11 is 0. The smallest absolute Gasteiger partial charge is 0.261 e. The molecule has 0 unspecified atom stereocenters. The SMILES string of the molecule is Cc1cccc(-c2nc(-c3ccccn3)no2)c1F. The Morgan fingerprint density at radius 2 is 2.00 bits per heavy atom. The Hall–Kier alpha value is -2.56. The maximum Gasteiger partial charge on any atom is 0.261 e. The normalized spacial score (nSPS) is 10.6. The van der Waals surface area contributed by atoms with Crippen LogP contribution < -0.4 is 0 Å². The third kappa shape index (κ3) is 2.10. The highest BCUT2D eigenvalue weighted by atomic mass is 19.1. The molecule has 19 heavy (non-hydrogen) atoms. The van der Waals surface area contributed by atoms with Crippen molar-refractivity contribution < 1.29 is 8.91 Å². The van der Waals surface area contributed by atoms with Gasteiger partial charge in [-0.2, -0.15) is 4.98 Å². The molecular weight excluding hydrogens is 245 g/mol. The van der Waals surface area contributed by atoms with E-state index in [9.17, 15) is 4.39 Å². The maximum absolute atomic E-state index is 14.0. The Bertz CT molecular complexity index is 710. The molecule has 0 saturated carbocycles. The number of nitrogens with zero attached hydrogens (tertiary/aromatic N) is 3. The second-order valence-electron chi connectivity index (χ2n) is 4.07. The fourth-order valence-corrected chi connectivity index (χ4v) is 1.74. The zero-order valence-corrected chi connectivity index (χ0v) is 10.2. The number of hydrogen-bond acceptors (Lipinski definition) is 4. The van der Waals surface area contributed by atoms with Crippen LogP contribution in [0.5, 0.6) is 0 Å². The van der Waals surface area contributed by atoms with Crippen LogP contribution >= 0.6 is 0 Å². The zero-order valence-electron chi connectivity index (χ0n) is 10.2. The molecule has 0 fully saturated rings. The van der Waals surface area contributed by atoms with Gasteiger partial charge in [-0.05, 0) is 30.7 Å². The molecule has 0 bridgehead atoms. The van der Waals surface area contributed by atoms with E-state index in [4.69, 9.17) is 4.52 Å². The fourth-order valence-electron chi connectivity index (χ4n) is 1.74. The van der Waals surface area contributed by atoms with Crippen LogP contribution in [0.3, 0.4) is 0 Å². The van der Waals surface area contributed by atoms with Crippen LogP contribution in [0.15, 0.2) is 47.1 Å². The monoisotopic (exact) mass is 255 g/mol. The third-order valence-electron chi connectivity index (χ3n) is 2.74. The van der Waals surface area contributed by atoms with Crippen LogP contribution in [0.2, 0.25) is 0 Å². The molecule has 2 aromatic heterocycles. The van der Waals surface area contributed by atoms with Crippen molar-refractivity contribution in [3.8, 4) is 23.0 Å². The van der Waals surface area contributed by atoms with Crippen molar-refractivity contribution in [3.63, 3.8) is 0 Å². The van der Waals surface area contributed by atoms with Gasteiger partial charge in [-0.3, -0.25) is 4.98 Å². The van der Waals surface area contributed by atoms with E-state index < -0.39 is 0 Å². The van der Waals surface area contributed by atoms with E-state index in [0.29, 0.717) is 22.6 Å². The van der Waals surface area contributed by atoms with Gasteiger partial charge in [-0.1, -0.05) is 23.4 Å². The summed E-state index contributed by atoms with van der Waals surface area (Å²) < 4.78 is 19.1. The summed E-state index contributed by atoms with van der Waals surface area (Å²) in [5.41, 5.74) is 1.43. The summed E-state index contributed by atoms with van der Waals surface area (Å²) in [5.74, 6) is 0.150. The lowest BCUT2D eigenvalue weighted by molar-refractivity contribution is 0.429. The van der Waals surface area contributed by atoms with E-state index in [1.165, 1.54) is 0 Å². The van der Waals surface area contributed by atoms with Gasteiger partial charge >= 0.3 is 0 Å². The number of hydrogen-bond donors (Lipinski definition) is 0. The van der Waals surface area contributed by atoms with Gasteiger partial charge in [-0.15, -0.1) is 0 Å². The first kappa shape index (κ1) is 11.5. The second kappa shape index (κ2) is 4.61. The van der Waals surface area contributed by atoms with Crippen molar-refractivity contribution in [2.75, 3.05) is 0 Å². The minimum absolute atomic E-state index is 0.154. The minimum atomic E-state index is -0.348. The fraction of sp³-hybridized carbons (Fsp3) is 0.0714. The lowest BCUT2D eigenvalue weighted by Gasteiger charge is -1.99. The number of aromatic nitrogens is 3. The number of rotatable bonds is 2. The standard InChI is InChI=1S/C14H10FN3O/c1-9-5-4-6-10(12(9)15)14-17-13(18-19-14)11-7-2-3-8-16-11/h2-8H,1H3. The van der Waals surface area contributed by atoms with Crippen LogP contribution in [-0.4, -0.2) is 15.1 Å². The third-order valence-corrected chi connectivity index (χ3v) is 2.74. The van der Waals surface area contributed by atoms with Gasteiger partial charge in [0.15, 0.2) is 0 Å². The van der Waals surface area contributed by atoms with Crippen molar-refractivity contribution in [2.24, 2.45) is 0 Å². The Kier molecular flexibility index (Phi) is 2.79. The van der Waals surface area contributed by atoms with Crippen LogP contribution in [-0.2, 0) is 0 Å². The van der Waals surface area contributed by atoms with Crippen LogP contribution in [0.1, 0.15) is 5.56 Å². The average molecular weight is 255 g/mol. The van der Waals surface area contributed by atoms with Gasteiger partial charge in [0.05, 0.1) is 5.56 Å². The van der Waals surface area contributed by atoms with E-state index in [-0.39, 0.29) is 11.7 Å². The molecule has 0 amide bonds. The Labute approximate surface area is 108 Å². The van der Waals surface area contributed by atoms with E-state index in [1.807, 2.05) is 6.07 Å². The molecule has 3 rings (SSSR count). The molecule has 3 aromatic rings. The molecule has 4 nitrogen and oxygen atoms in total. The summed E-state index contributed by atoms with van der Waals surface area (Å²) in [6.45, 7) is 1.69. The number of halogens is 1. The number of aryl methyl sites for hydroxylation is 1. The van der Waals surface area contributed by atoms with Gasteiger partial charge in [-0.25, -0.2) is 4.39 Å². The molecule has 2 heterocycles. The summed E-state index contributed by atoms with van der Waals surface area (Å²) in [6, 6.07) is 10.4. The second-order valence-corrected chi connectivity index (χ2v) is 4.07. The Morgan fingerprint density at radius 1 is 1.11 bits per heavy atom. The van der Waals surface area contributed by atoms with Crippen molar-refractivity contribution in [2.45, 2.75) is 6.92 Å². The quantitative estimate of drug-likeness (QED) is 0.705. The van der Waals surface area contributed by atoms with E-state index in [0.717, 1.165) is 0 Å². The Morgan fingerprint density at radius 3 is 2.79 bits per heavy atom. The van der Waals surface area contributed by atoms with Crippen molar-refractivity contribution in [1.82, 2.24) is 15.1 Å². The summed E-state index contributed by atoms with van der Waals surface area (Å²) in [5, 5.41) is 3.82. The lowest BCUT2D eigenvalue weighted by Crippen LogP contribution is -1.88. The van der Waals surface area contributed by atoms with Crippen molar-refractivity contribution >= 4 is 0 Å². The summed E-state index contributed by atoms with van der Waals surface area (Å²) in [6.07, 6.45) is 1.64. The average Bonchev–Trinajstić information content (AvgIpc) is 2.92. The van der Waals surface area contributed by atoms with Gasteiger partial charge < -0.3 is 4.52 Å². The van der Waals surface area contributed by atoms with Gasteiger partial charge in [0, 0.05) is 6.20 Å². The van der Waals surface area contributed by atoms with E-state index in [2.05, 4.69) is 15.1 Å². The first-order chi connectivity index (χ1) is 9.25. The van der Waals surface area contributed by atoms with Gasteiger partial charge in [0.1, 0.15) is 11.5 Å². The molecule has 0 atom stereocenters. The summed E-state index contributed by atoms with van der Waals surface area (Å²) in [7, 11) is 0. The largest absolute Gasteiger partial charge is 0.333 e. The number of pyridine rings is 1. The highest BCUT2D eigenvalue weighted by Gasteiger charge is 2.15. The summed E-state index contributed by atoms with van der Waals surface area (Å²) in [4.78, 5) is 8.29. The Balaban J connectivity index is 2.05. The molecule has 94 valence electrons. The molecule has 0 aliphatic heterocycles. The van der Waals surface area contributed by atoms with Gasteiger partial charge in [0.25, 0.3) is 5.89 Å². The molecule has 0 spiro atoms. The molecule has 1 aromatic carbocycles. The lowest BCUT2D eigenvalue weighted by atomic mass is 10.1. The van der Waals surface area contributed by atoms with Crippen molar-refractivity contribution in [3.05, 3.63) is 54.0 Å². The van der Waals surface area contributed by atoms with Crippen LogP contribution in [0.25, 0.3) is 23.0 Å². The topological polar surface area (TPSA) is 51.8 Å². The molecular formula is C14H10FN3O. The molecule has 0 N–H and O–H groups in total. The van der Waals surface area contributed by atoms with Crippen LogP contribution in [0, 0.1) is 12.7 Å². The number of benzene rings is 1. The highest BCUT2D eigenvalue weighted by molar-refractivity contribution is 5.58. The van der Waals surface area contributed by atoms with E-state index >= 15 is 0 Å². The first-order valence-electron chi connectivity index (χ1n) is 5.76. The maximum atomic E-state index is 14.0. The molecule has 0 saturated heterocycles. The predicted octanol–water partition coefficient (Wildman–Crippen LogP) is 3.25. The zero-order chi connectivity index (χ0) is 13.2. The molecule has 0 radical (unpaired) electrons. The highest BCUT2D eigenvalue weighted by Crippen LogP contribution is 2.25. The first-order valence-corrected chi connectivity index (χ1v) is 5.76. The molecule has 0 aliphatic rings. The molecule has 0 aliphatic carbocycles. The minimum Gasteiger partial charge on any atom is -0.333 e. The molecule has 5 heteroatoms. The predicted molar refractivity (Wildman–Crippen MR) is 67.7 cm³/mol.